The Hall–Kier alpha value is -0.380. The lowest BCUT2D eigenvalue weighted by Gasteiger charge is -2.33. The van der Waals surface area contributed by atoms with Crippen LogP contribution in [0.2, 0.25) is 10.0 Å². The molecular weight excluding hydrogens is 327 g/mol. The summed E-state index contributed by atoms with van der Waals surface area (Å²) in [5.74, 6) is -0.361. The minimum absolute atomic E-state index is 0.0729. The molecule has 0 saturated heterocycles. The van der Waals surface area contributed by atoms with Crippen molar-refractivity contribution in [2.24, 2.45) is 11.8 Å². The molecule has 1 aliphatic rings. The van der Waals surface area contributed by atoms with Crippen molar-refractivity contribution in [3.8, 4) is 0 Å². The third kappa shape index (κ3) is 4.54. The molecule has 1 aromatic carbocycles. The van der Waals surface area contributed by atoms with E-state index in [0.29, 0.717) is 16.0 Å². The molecule has 0 spiro atoms. The van der Waals surface area contributed by atoms with Gasteiger partial charge in [0.1, 0.15) is 0 Å². The number of rotatable bonds is 5. The first-order valence-electron chi connectivity index (χ1n) is 7.35. The average Bonchev–Trinajstić information content (AvgIpc) is 2.43. The summed E-state index contributed by atoms with van der Waals surface area (Å²) in [6, 6.07) is 5.36. The van der Waals surface area contributed by atoms with Crippen molar-refractivity contribution in [3.63, 3.8) is 0 Å². The molecule has 116 valence electrons. The first-order valence-corrected chi connectivity index (χ1v) is 8.99. The molecule has 0 radical (unpaired) electrons. The Morgan fingerprint density at radius 1 is 1.38 bits per heavy atom. The monoisotopic (exact) mass is 346 g/mol. The van der Waals surface area contributed by atoms with Crippen LogP contribution in [0.3, 0.4) is 0 Å². The number of hydrogen-bond acceptors (Lipinski definition) is 2. The molecule has 0 aromatic heterocycles. The molecule has 1 saturated carbocycles. The third-order valence-electron chi connectivity index (χ3n) is 4.09. The summed E-state index contributed by atoms with van der Waals surface area (Å²) in [6.07, 6.45) is 5.05. The molecule has 0 heterocycles. The van der Waals surface area contributed by atoms with Crippen LogP contribution in [0.5, 0.6) is 0 Å². The van der Waals surface area contributed by atoms with E-state index in [4.69, 9.17) is 23.2 Å². The van der Waals surface area contributed by atoms with Gasteiger partial charge in [-0.2, -0.15) is 0 Å². The number of benzene rings is 1. The molecule has 1 aromatic rings. The molecule has 0 aliphatic heterocycles. The van der Waals surface area contributed by atoms with E-state index in [2.05, 4.69) is 6.92 Å². The Morgan fingerprint density at radius 2 is 2.14 bits per heavy atom. The fraction of sp³-hybridized carbons (Fsp3) is 0.562. The molecule has 2 nitrogen and oxygen atoms in total. The molecule has 1 fully saturated rings. The second-order valence-electron chi connectivity index (χ2n) is 5.64. The Kier molecular flexibility index (Phi) is 6.27. The molecule has 21 heavy (non-hydrogen) atoms. The minimum atomic E-state index is -0.694. The van der Waals surface area contributed by atoms with Crippen molar-refractivity contribution in [2.75, 3.05) is 0 Å². The lowest BCUT2D eigenvalue weighted by atomic mass is 9.80. The highest BCUT2D eigenvalue weighted by Crippen LogP contribution is 2.43. The maximum absolute atomic E-state index is 11.5. The second kappa shape index (κ2) is 7.75. The van der Waals surface area contributed by atoms with Crippen LogP contribution >= 0.6 is 35.0 Å². The smallest absolute Gasteiger partial charge is 0.307 e. The first kappa shape index (κ1) is 17.0. The summed E-state index contributed by atoms with van der Waals surface area (Å²) in [4.78, 5) is 12.4. The zero-order chi connectivity index (χ0) is 15.4. The van der Waals surface area contributed by atoms with Crippen LogP contribution in [0.25, 0.3) is 0 Å². The Bertz CT molecular complexity index is 507. The highest BCUT2D eigenvalue weighted by Gasteiger charge is 2.35. The zero-order valence-electron chi connectivity index (χ0n) is 12.0. The normalized spacial score (nSPS) is 25.8. The van der Waals surface area contributed by atoms with Gasteiger partial charge in [-0.1, -0.05) is 43.0 Å². The van der Waals surface area contributed by atoms with Gasteiger partial charge < -0.3 is 5.11 Å². The van der Waals surface area contributed by atoms with Gasteiger partial charge in [0.2, 0.25) is 0 Å². The summed E-state index contributed by atoms with van der Waals surface area (Å²) in [6.45, 7) is 2.18. The molecule has 3 unspecified atom stereocenters. The molecule has 2 rings (SSSR count). The third-order valence-corrected chi connectivity index (χ3v) is 6.18. The van der Waals surface area contributed by atoms with Crippen LogP contribution in [0.15, 0.2) is 23.1 Å². The van der Waals surface area contributed by atoms with E-state index in [-0.39, 0.29) is 11.2 Å². The molecule has 3 atom stereocenters. The summed E-state index contributed by atoms with van der Waals surface area (Å²) in [7, 11) is 0. The molecule has 5 heteroatoms. The zero-order valence-corrected chi connectivity index (χ0v) is 14.3. The van der Waals surface area contributed by atoms with Gasteiger partial charge in [0.25, 0.3) is 0 Å². The van der Waals surface area contributed by atoms with E-state index < -0.39 is 5.97 Å². The topological polar surface area (TPSA) is 37.3 Å². The second-order valence-corrected chi connectivity index (χ2v) is 7.77. The van der Waals surface area contributed by atoms with E-state index in [9.17, 15) is 9.90 Å². The van der Waals surface area contributed by atoms with Crippen molar-refractivity contribution in [1.82, 2.24) is 0 Å². The standard InChI is InChI=1S/C16H20Cl2O2S/c1-2-3-10-4-6-12(16(19)20)14(8-10)21-15-9-11(17)5-7-13(15)18/h5,7,9-10,12,14H,2-4,6,8H2,1H3,(H,19,20). The van der Waals surface area contributed by atoms with Gasteiger partial charge in [0.15, 0.2) is 0 Å². The molecule has 0 bridgehead atoms. The Labute approximate surface area is 140 Å². The highest BCUT2D eigenvalue weighted by molar-refractivity contribution is 8.00. The summed E-state index contributed by atoms with van der Waals surface area (Å²) < 4.78 is 0. The van der Waals surface area contributed by atoms with E-state index in [1.807, 2.05) is 6.07 Å². The maximum atomic E-state index is 11.5. The predicted molar refractivity (Wildman–Crippen MR) is 89.5 cm³/mol. The number of thioether (sulfide) groups is 1. The van der Waals surface area contributed by atoms with Gasteiger partial charge in [-0.3, -0.25) is 4.79 Å². The van der Waals surface area contributed by atoms with E-state index >= 15 is 0 Å². The maximum Gasteiger partial charge on any atom is 0.307 e. The summed E-state index contributed by atoms with van der Waals surface area (Å²) >= 11 is 13.8. The fourth-order valence-corrected chi connectivity index (χ4v) is 5.00. The van der Waals surface area contributed by atoms with Gasteiger partial charge in [0.05, 0.1) is 10.9 Å². The quantitative estimate of drug-likeness (QED) is 0.736. The van der Waals surface area contributed by atoms with E-state index in [0.717, 1.165) is 30.6 Å². The fourth-order valence-electron chi connectivity index (χ4n) is 3.03. The van der Waals surface area contributed by atoms with E-state index in [1.54, 1.807) is 23.9 Å². The predicted octanol–water partition coefficient (Wildman–Crippen LogP) is 5.76. The van der Waals surface area contributed by atoms with Gasteiger partial charge in [-0.05, 0) is 43.4 Å². The lowest BCUT2D eigenvalue weighted by Crippen LogP contribution is -2.32. The van der Waals surface area contributed by atoms with Gasteiger partial charge in [0, 0.05) is 15.2 Å². The number of aliphatic carboxylic acids is 1. The van der Waals surface area contributed by atoms with Crippen molar-refractivity contribution in [1.29, 1.82) is 0 Å². The SMILES string of the molecule is CCCC1CCC(C(=O)O)C(Sc2cc(Cl)ccc2Cl)C1. The van der Waals surface area contributed by atoms with E-state index in [1.165, 1.54) is 6.42 Å². The molecular formula is C16H20Cl2O2S. The van der Waals surface area contributed by atoms with Crippen molar-refractivity contribution >= 4 is 40.9 Å². The Morgan fingerprint density at radius 3 is 2.81 bits per heavy atom. The number of carbonyl (C=O) groups is 1. The van der Waals surface area contributed by atoms with Crippen LogP contribution in [-0.4, -0.2) is 16.3 Å². The highest BCUT2D eigenvalue weighted by atomic mass is 35.5. The van der Waals surface area contributed by atoms with Crippen molar-refractivity contribution in [3.05, 3.63) is 28.2 Å². The van der Waals surface area contributed by atoms with Gasteiger partial charge in [-0.25, -0.2) is 0 Å². The summed E-state index contributed by atoms with van der Waals surface area (Å²) in [5, 5.41) is 10.8. The number of carboxylic acid groups (broad SMARTS) is 1. The van der Waals surface area contributed by atoms with Crippen LogP contribution in [0.4, 0.5) is 0 Å². The van der Waals surface area contributed by atoms with Crippen LogP contribution in [0, 0.1) is 11.8 Å². The number of halogens is 2. The van der Waals surface area contributed by atoms with Gasteiger partial charge >= 0.3 is 5.97 Å². The largest absolute Gasteiger partial charge is 0.481 e. The van der Waals surface area contributed by atoms with Crippen LogP contribution < -0.4 is 0 Å². The summed E-state index contributed by atoms with van der Waals surface area (Å²) in [5.41, 5.74) is 0. The lowest BCUT2D eigenvalue weighted by molar-refractivity contribution is -0.142. The van der Waals surface area contributed by atoms with Gasteiger partial charge in [-0.15, -0.1) is 11.8 Å². The van der Waals surface area contributed by atoms with Crippen LogP contribution in [-0.2, 0) is 4.79 Å². The minimum Gasteiger partial charge on any atom is -0.481 e. The number of hydrogen-bond donors (Lipinski definition) is 1. The van der Waals surface area contributed by atoms with Crippen molar-refractivity contribution in [2.45, 2.75) is 49.2 Å². The van der Waals surface area contributed by atoms with Crippen molar-refractivity contribution < 1.29 is 9.90 Å². The first-order chi connectivity index (χ1) is 10.0. The van der Waals surface area contributed by atoms with Crippen LogP contribution in [0.1, 0.15) is 39.0 Å². The molecule has 1 aliphatic carbocycles. The number of carboxylic acids is 1. The average molecular weight is 347 g/mol. The molecule has 0 amide bonds. The Balaban J connectivity index is 2.15. The molecule has 1 N–H and O–H groups in total.